The number of halogens is 1. The van der Waals surface area contributed by atoms with Crippen LogP contribution in [-0.2, 0) is 12.8 Å². The van der Waals surface area contributed by atoms with E-state index in [1.54, 1.807) is 12.1 Å². The summed E-state index contributed by atoms with van der Waals surface area (Å²) in [4.78, 5) is 16.4. The van der Waals surface area contributed by atoms with Crippen molar-refractivity contribution < 1.29 is 9.18 Å². The first kappa shape index (κ1) is 21.2. The van der Waals surface area contributed by atoms with Gasteiger partial charge in [-0.15, -0.1) is 0 Å². The minimum Gasteiger partial charge on any atom is -0.357 e. The number of benzene rings is 2. The van der Waals surface area contributed by atoms with Gasteiger partial charge in [0, 0.05) is 40.8 Å². The fourth-order valence-corrected chi connectivity index (χ4v) is 5.40. The van der Waals surface area contributed by atoms with Crippen molar-refractivity contribution >= 4 is 16.8 Å². The molecule has 0 saturated heterocycles. The molecule has 32 heavy (non-hydrogen) atoms. The molecule has 2 aliphatic rings. The Balaban J connectivity index is 1.28. The lowest BCUT2D eigenvalue weighted by Crippen LogP contribution is -2.36. The monoisotopic (exact) mass is 433 g/mol. The summed E-state index contributed by atoms with van der Waals surface area (Å²) in [6.07, 6.45) is 10.7. The molecule has 3 N–H and O–H groups in total. The number of rotatable bonds is 6. The quantitative estimate of drug-likeness (QED) is 0.475. The van der Waals surface area contributed by atoms with E-state index in [9.17, 15) is 9.18 Å². The highest BCUT2D eigenvalue weighted by Crippen LogP contribution is 2.36. The van der Waals surface area contributed by atoms with Crippen molar-refractivity contribution in [2.75, 3.05) is 6.54 Å². The molecule has 5 heteroatoms. The number of H-pyrrole nitrogens is 1. The number of aromatic nitrogens is 1. The average Bonchev–Trinajstić information content (AvgIpc) is 3.20. The van der Waals surface area contributed by atoms with Crippen LogP contribution < -0.4 is 10.6 Å². The number of aromatic amines is 1. The summed E-state index contributed by atoms with van der Waals surface area (Å²) in [5, 5.41) is 8.11. The predicted molar refractivity (Wildman–Crippen MR) is 126 cm³/mol. The third-order valence-electron chi connectivity index (χ3n) is 7.12. The normalized spacial score (nSPS) is 19.1. The van der Waals surface area contributed by atoms with Gasteiger partial charge >= 0.3 is 0 Å². The zero-order valence-electron chi connectivity index (χ0n) is 18.6. The fourth-order valence-electron chi connectivity index (χ4n) is 5.40. The number of nitrogens with one attached hydrogen (secondary N) is 3. The molecule has 168 valence electrons. The topological polar surface area (TPSA) is 56.9 Å². The predicted octanol–water partition coefficient (Wildman–Crippen LogP) is 5.58. The van der Waals surface area contributed by atoms with E-state index in [-0.39, 0.29) is 11.7 Å². The van der Waals surface area contributed by atoms with Crippen LogP contribution in [0.4, 0.5) is 4.39 Å². The van der Waals surface area contributed by atoms with Gasteiger partial charge in [0.05, 0.1) is 0 Å². The molecular formula is C27H32FN3O. The van der Waals surface area contributed by atoms with Crippen LogP contribution in [0.5, 0.6) is 0 Å². The summed E-state index contributed by atoms with van der Waals surface area (Å²) >= 11 is 0. The Morgan fingerprint density at radius 1 is 1.00 bits per heavy atom. The van der Waals surface area contributed by atoms with E-state index >= 15 is 0 Å². The highest BCUT2D eigenvalue weighted by Gasteiger charge is 2.27. The van der Waals surface area contributed by atoms with E-state index in [1.165, 1.54) is 73.7 Å². The van der Waals surface area contributed by atoms with Gasteiger partial charge in [-0.3, -0.25) is 4.79 Å². The van der Waals surface area contributed by atoms with Crippen LogP contribution in [0.25, 0.3) is 10.9 Å². The average molecular weight is 434 g/mol. The summed E-state index contributed by atoms with van der Waals surface area (Å²) in [6, 6.07) is 13.4. The number of carbonyl (C=O) groups is 1. The number of hydrogen-bond acceptors (Lipinski definition) is 2. The summed E-state index contributed by atoms with van der Waals surface area (Å²) in [5.74, 6) is -0.297. The van der Waals surface area contributed by atoms with Gasteiger partial charge in [-0.25, -0.2) is 4.39 Å². The fraction of sp³-hybridized carbons (Fsp3) is 0.444. The van der Waals surface area contributed by atoms with E-state index in [0.29, 0.717) is 30.6 Å². The number of amides is 1. The summed E-state index contributed by atoms with van der Waals surface area (Å²) in [6.45, 7) is 0.529. The van der Waals surface area contributed by atoms with Gasteiger partial charge < -0.3 is 15.6 Å². The van der Waals surface area contributed by atoms with Crippen molar-refractivity contribution in [3.8, 4) is 0 Å². The Bertz CT molecular complexity index is 1080. The minimum absolute atomic E-state index is 0.0587. The van der Waals surface area contributed by atoms with Crippen LogP contribution >= 0.6 is 0 Å². The van der Waals surface area contributed by atoms with Crippen molar-refractivity contribution in [1.82, 2.24) is 15.6 Å². The Kier molecular flexibility index (Phi) is 6.26. The molecule has 1 saturated carbocycles. The van der Waals surface area contributed by atoms with Crippen LogP contribution in [-0.4, -0.2) is 23.5 Å². The first-order valence-electron chi connectivity index (χ1n) is 12.1. The van der Waals surface area contributed by atoms with Crippen LogP contribution in [0.15, 0.2) is 42.5 Å². The third kappa shape index (κ3) is 4.58. The molecule has 0 radical (unpaired) electrons. The molecular weight excluding hydrogens is 401 g/mol. The lowest BCUT2D eigenvalue weighted by molar-refractivity contribution is 0.0954. The van der Waals surface area contributed by atoms with Crippen LogP contribution in [0.3, 0.4) is 0 Å². The Morgan fingerprint density at radius 3 is 2.62 bits per heavy atom. The van der Waals surface area contributed by atoms with Gasteiger partial charge in [-0.05, 0) is 80.0 Å². The van der Waals surface area contributed by atoms with Crippen molar-refractivity contribution in [3.05, 3.63) is 70.7 Å². The molecule has 1 fully saturated rings. The molecule has 1 heterocycles. The zero-order chi connectivity index (χ0) is 21.9. The van der Waals surface area contributed by atoms with Gasteiger partial charge in [-0.2, -0.15) is 0 Å². The highest BCUT2D eigenvalue weighted by molar-refractivity contribution is 5.99. The largest absolute Gasteiger partial charge is 0.357 e. The lowest BCUT2D eigenvalue weighted by Gasteiger charge is -2.31. The molecule has 0 bridgehead atoms. The summed E-state index contributed by atoms with van der Waals surface area (Å²) < 4.78 is 13.0. The van der Waals surface area contributed by atoms with E-state index in [2.05, 4.69) is 15.6 Å². The van der Waals surface area contributed by atoms with Crippen LogP contribution in [0, 0.1) is 5.82 Å². The first-order valence-corrected chi connectivity index (χ1v) is 12.1. The van der Waals surface area contributed by atoms with E-state index in [0.717, 1.165) is 17.5 Å². The smallest absolute Gasteiger partial charge is 0.251 e. The molecule has 1 unspecified atom stereocenters. The van der Waals surface area contributed by atoms with Gasteiger partial charge in [0.25, 0.3) is 5.91 Å². The number of hydrogen-bond donors (Lipinski definition) is 3. The standard InChI is InChI=1S/C27H32FN3O/c28-20-12-9-18(10-13-20)15-16-29-27(32)19-11-14-24-23(17-19)22-7-4-8-25(26(22)31-24)30-21-5-2-1-3-6-21/h9-14,17,21,25,30-31H,1-8,15-16H2,(H,29,32). The molecule has 2 aromatic carbocycles. The maximum atomic E-state index is 13.0. The van der Waals surface area contributed by atoms with Gasteiger partial charge in [-0.1, -0.05) is 31.4 Å². The van der Waals surface area contributed by atoms with Crippen LogP contribution in [0.1, 0.15) is 78.2 Å². The molecule has 2 aliphatic carbocycles. The van der Waals surface area contributed by atoms with Gasteiger partial charge in [0.1, 0.15) is 5.82 Å². The molecule has 5 rings (SSSR count). The third-order valence-corrected chi connectivity index (χ3v) is 7.12. The van der Waals surface area contributed by atoms with Crippen LogP contribution in [0.2, 0.25) is 0 Å². The second-order valence-electron chi connectivity index (χ2n) is 9.36. The maximum Gasteiger partial charge on any atom is 0.251 e. The van der Waals surface area contributed by atoms with Crippen molar-refractivity contribution in [3.63, 3.8) is 0 Å². The van der Waals surface area contributed by atoms with Crippen molar-refractivity contribution in [2.45, 2.75) is 69.9 Å². The van der Waals surface area contributed by atoms with Gasteiger partial charge in [0.15, 0.2) is 0 Å². The SMILES string of the molecule is O=C(NCCc1ccc(F)cc1)c1ccc2[nH]c3c(c2c1)CCCC3NC1CCCCC1. The molecule has 4 nitrogen and oxygen atoms in total. The first-order chi connectivity index (χ1) is 15.7. The van der Waals surface area contributed by atoms with E-state index < -0.39 is 0 Å². The lowest BCUT2D eigenvalue weighted by atomic mass is 9.89. The molecule has 1 aromatic heterocycles. The second-order valence-corrected chi connectivity index (χ2v) is 9.36. The van der Waals surface area contributed by atoms with Crippen molar-refractivity contribution in [1.29, 1.82) is 0 Å². The number of aryl methyl sites for hydroxylation is 1. The Labute approximate surface area is 189 Å². The Hall–Kier alpha value is -2.66. The maximum absolute atomic E-state index is 13.0. The molecule has 3 aromatic rings. The minimum atomic E-state index is -0.239. The number of fused-ring (bicyclic) bond motifs is 3. The number of carbonyl (C=O) groups excluding carboxylic acids is 1. The highest BCUT2D eigenvalue weighted by atomic mass is 19.1. The second kappa shape index (κ2) is 9.45. The zero-order valence-corrected chi connectivity index (χ0v) is 18.6. The molecule has 0 aliphatic heterocycles. The molecule has 1 amide bonds. The summed E-state index contributed by atoms with van der Waals surface area (Å²) in [7, 11) is 0. The Morgan fingerprint density at radius 2 is 1.81 bits per heavy atom. The van der Waals surface area contributed by atoms with E-state index in [4.69, 9.17) is 0 Å². The summed E-state index contributed by atoms with van der Waals surface area (Å²) in [5.41, 5.74) is 5.53. The van der Waals surface area contributed by atoms with Crippen molar-refractivity contribution in [2.24, 2.45) is 0 Å². The molecule has 0 spiro atoms. The van der Waals surface area contributed by atoms with Gasteiger partial charge in [0.2, 0.25) is 0 Å². The molecule has 1 atom stereocenters. The van der Waals surface area contributed by atoms with E-state index in [1.807, 2.05) is 18.2 Å².